The minimum absolute atomic E-state index is 0.163. The standard InChI is InChI=1S/C20H18Cl2N2O2/c1-12-9-15(16(11-23)13-4-6-14(21)7-5-13)17(22)10-18(12)24-20(25)19-3-2-8-26-19/h4-7,9-10,16,19H,2-3,8H2,1H3,(H,24,25)/t16-,19-/m1/s1. The third kappa shape index (κ3) is 4.02. The Morgan fingerprint density at radius 3 is 2.65 bits per heavy atom. The van der Waals surface area contributed by atoms with Gasteiger partial charge in [0.25, 0.3) is 5.91 Å². The van der Waals surface area contributed by atoms with E-state index in [-0.39, 0.29) is 5.91 Å². The molecule has 1 N–H and O–H groups in total. The molecule has 6 heteroatoms. The molecule has 3 rings (SSSR count). The molecule has 1 heterocycles. The number of halogens is 2. The van der Waals surface area contributed by atoms with E-state index in [4.69, 9.17) is 27.9 Å². The molecule has 1 fully saturated rings. The minimum atomic E-state index is -0.513. The number of hydrogen-bond acceptors (Lipinski definition) is 3. The first-order valence-corrected chi connectivity index (χ1v) is 9.13. The maximum atomic E-state index is 12.3. The van der Waals surface area contributed by atoms with Crippen LogP contribution in [0.3, 0.4) is 0 Å². The van der Waals surface area contributed by atoms with Crippen molar-refractivity contribution in [1.82, 2.24) is 0 Å². The molecular weight excluding hydrogens is 371 g/mol. The number of amides is 1. The van der Waals surface area contributed by atoms with Crippen LogP contribution >= 0.6 is 23.2 Å². The summed E-state index contributed by atoms with van der Waals surface area (Å²) in [6.45, 7) is 2.49. The summed E-state index contributed by atoms with van der Waals surface area (Å²) in [5.74, 6) is -0.676. The summed E-state index contributed by atoms with van der Waals surface area (Å²) in [5.41, 5.74) is 2.98. The molecule has 0 saturated carbocycles. The van der Waals surface area contributed by atoms with Crippen molar-refractivity contribution < 1.29 is 9.53 Å². The van der Waals surface area contributed by atoms with Gasteiger partial charge in [-0.3, -0.25) is 4.79 Å². The van der Waals surface area contributed by atoms with Crippen molar-refractivity contribution in [3.05, 3.63) is 63.1 Å². The van der Waals surface area contributed by atoms with Gasteiger partial charge in [0.15, 0.2) is 0 Å². The van der Waals surface area contributed by atoms with E-state index in [1.165, 1.54) is 0 Å². The fourth-order valence-electron chi connectivity index (χ4n) is 3.04. The van der Waals surface area contributed by atoms with Gasteiger partial charge in [0.05, 0.1) is 12.0 Å². The molecule has 26 heavy (non-hydrogen) atoms. The van der Waals surface area contributed by atoms with Crippen LogP contribution in [-0.2, 0) is 9.53 Å². The van der Waals surface area contributed by atoms with Crippen LogP contribution in [0.4, 0.5) is 5.69 Å². The molecule has 2 aromatic rings. The van der Waals surface area contributed by atoms with Gasteiger partial charge in [-0.05, 0) is 54.7 Å². The predicted octanol–water partition coefficient (Wildman–Crippen LogP) is 5.07. The lowest BCUT2D eigenvalue weighted by atomic mass is 9.91. The van der Waals surface area contributed by atoms with E-state index in [0.29, 0.717) is 27.9 Å². The molecule has 1 amide bonds. The second-order valence-electron chi connectivity index (χ2n) is 6.29. The average Bonchev–Trinajstić information content (AvgIpc) is 3.16. The van der Waals surface area contributed by atoms with Crippen molar-refractivity contribution in [3.8, 4) is 6.07 Å². The van der Waals surface area contributed by atoms with Crippen molar-refractivity contribution in [1.29, 1.82) is 5.26 Å². The second kappa shape index (κ2) is 8.09. The molecule has 2 atom stereocenters. The van der Waals surface area contributed by atoms with Crippen LogP contribution in [0.15, 0.2) is 36.4 Å². The molecule has 0 bridgehead atoms. The van der Waals surface area contributed by atoms with Gasteiger partial charge in [0.2, 0.25) is 0 Å². The van der Waals surface area contributed by atoms with Gasteiger partial charge < -0.3 is 10.1 Å². The quantitative estimate of drug-likeness (QED) is 0.794. The highest BCUT2D eigenvalue weighted by Crippen LogP contribution is 2.34. The van der Waals surface area contributed by atoms with Crippen LogP contribution in [-0.4, -0.2) is 18.6 Å². The van der Waals surface area contributed by atoms with Crippen molar-refractivity contribution in [2.24, 2.45) is 0 Å². The van der Waals surface area contributed by atoms with E-state index in [9.17, 15) is 10.1 Å². The molecule has 0 aromatic heterocycles. The van der Waals surface area contributed by atoms with E-state index in [1.54, 1.807) is 18.2 Å². The summed E-state index contributed by atoms with van der Waals surface area (Å²) in [7, 11) is 0. The molecular formula is C20H18Cl2N2O2. The summed E-state index contributed by atoms with van der Waals surface area (Å²) in [6, 6.07) is 13.0. The highest BCUT2D eigenvalue weighted by Gasteiger charge is 2.25. The molecule has 0 spiro atoms. The fourth-order valence-corrected chi connectivity index (χ4v) is 3.44. The normalized spacial score (nSPS) is 17.5. The Morgan fingerprint density at radius 1 is 1.31 bits per heavy atom. The Balaban J connectivity index is 1.87. The summed E-state index contributed by atoms with van der Waals surface area (Å²) in [5, 5.41) is 13.6. The maximum Gasteiger partial charge on any atom is 0.253 e. The summed E-state index contributed by atoms with van der Waals surface area (Å²) in [6.07, 6.45) is 1.21. The lowest BCUT2D eigenvalue weighted by Crippen LogP contribution is -2.27. The molecule has 134 valence electrons. The Morgan fingerprint density at radius 2 is 2.04 bits per heavy atom. The highest BCUT2D eigenvalue weighted by atomic mass is 35.5. The van der Waals surface area contributed by atoms with Gasteiger partial charge in [-0.25, -0.2) is 0 Å². The Hall–Kier alpha value is -2.06. The number of carbonyl (C=O) groups excluding carboxylic acids is 1. The largest absolute Gasteiger partial charge is 0.368 e. The fraction of sp³-hybridized carbons (Fsp3) is 0.300. The molecule has 4 nitrogen and oxygen atoms in total. The number of nitriles is 1. The van der Waals surface area contributed by atoms with Crippen molar-refractivity contribution in [3.63, 3.8) is 0 Å². The highest BCUT2D eigenvalue weighted by molar-refractivity contribution is 6.32. The summed E-state index contributed by atoms with van der Waals surface area (Å²) < 4.78 is 5.41. The van der Waals surface area contributed by atoms with Crippen LogP contribution in [0.25, 0.3) is 0 Å². The molecule has 1 aliphatic rings. The average molecular weight is 389 g/mol. The van der Waals surface area contributed by atoms with Gasteiger partial charge >= 0.3 is 0 Å². The molecule has 0 aliphatic carbocycles. The molecule has 0 unspecified atom stereocenters. The third-order valence-corrected chi connectivity index (χ3v) is 5.05. The number of anilines is 1. The first-order chi connectivity index (χ1) is 12.5. The Kier molecular flexibility index (Phi) is 5.83. The third-order valence-electron chi connectivity index (χ3n) is 4.47. The Labute approximate surface area is 162 Å². The molecule has 1 aliphatic heterocycles. The zero-order valence-corrected chi connectivity index (χ0v) is 15.8. The number of carbonyl (C=O) groups is 1. The van der Waals surface area contributed by atoms with Crippen molar-refractivity contribution in [2.75, 3.05) is 11.9 Å². The molecule has 2 aromatic carbocycles. The lowest BCUT2D eigenvalue weighted by Gasteiger charge is -2.17. The van der Waals surface area contributed by atoms with E-state index in [1.807, 2.05) is 25.1 Å². The summed E-state index contributed by atoms with van der Waals surface area (Å²) >= 11 is 12.4. The number of benzene rings is 2. The number of rotatable bonds is 4. The van der Waals surface area contributed by atoms with E-state index < -0.39 is 12.0 Å². The first kappa shape index (κ1) is 18.7. The van der Waals surface area contributed by atoms with Crippen LogP contribution in [0.2, 0.25) is 10.0 Å². The van der Waals surface area contributed by atoms with Gasteiger partial charge in [0, 0.05) is 22.3 Å². The minimum Gasteiger partial charge on any atom is -0.368 e. The number of nitrogens with one attached hydrogen (secondary N) is 1. The van der Waals surface area contributed by atoms with E-state index >= 15 is 0 Å². The lowest BCUT2D eigenvalue weighted by molar-refractivity contribution is -0.124. The van der Waals surface area contributed by atoms with Crippen LogP contribution < -0.4 is 5.32 Å². The Bertz CT molecular complexity index is 853. The predicted molar refractivity (Wildman–Crippen MR) is 103 cm³/mol. The second-order valence-corrected chi connectivity index (χ2v) is 7.14. The van der Waals surface area contributed by atoms with Crippen molar-refractivity contribution >= 4 is 34.8 Å². The smallest absolute Gasteiger partial charge is 0.253 e. The maximum absolute atomic E-state index is 12.3. The van der Waals surface area contributed by atoms with Gasteiger partial charge in [0.1, 0.15) is 6.10 Å². The van der Waals surface area contributed by atoms with Crippen molar-refractivity contribution in [2.45, 2.75) is 31.8 Å². The topological polar surface area (TPSA) is 62.1 Å². The molecule has 1 saturated heterocycles. The molecule has 0 radical (unpaired) electrons. The van der Waals surface area contributed by atoms with Crippen LogP contribution in [0.5, 0.6) is 0 Å². The van der Waals surface area contributed by atoms with Gasteiger partial charge in [-0.15, -0.1) is 0 Å². The number of aryl methyl sites for hydroxylation is 1. The zero-order valence-electron chi connectivity index (χ0n) is 14.3. The van der Waals surface area contributed by atoms with Gasteiger partial charge in [-0.1, -0.05) is 41.4 Å². The van der Waals surface area contributed by atoms with Gasteiger partial charge in [-0.2, -0.15) is 5.26 Å². The zero-order chi connectivity index (χ0) is 18.7. The van der Waals surface area contributed by atoms with Crippen LogP contribution in [0.1, 0.15) is 35.4 Å². The number of hydrogen-bond donors (Lipinski definition) is 1. The number of ether oxygens (including phenoxy) is 1. The van der Waals surface area contributed by atoms with Crippen LogP contribution in [0, 0.1) is 18.3 Å². The number of nitrogens with zero attached hydrogens (tertiary/aromatic N) is 1. The first-order valence-electron chi connectivity index (χ1n) is 8.37. The van der Waals surface area contributed by atoms with E-state index in [2.05, 4.69) is 11.4 Å². The monoisotopic (exact) mass is 388 g/mol. The van der Waals surface area contributed by atoms with E-state index in [0.717, 1.165) is 24.0 Å². The summed E-state index contributed by atoms with van der Waals surface area (Å²) in [4.78, 5) is 12.3. The SMILES string of the molecule is Cc1cc([C@H](C#N)c2ccc(Cl)cc2)c(Cl)cc1NC(=O)[C@H]1CCCO1.